The van der Waals surface area contributed by atoms with Gasteiger partial charge in [-0.25, -0.2) is 18.7 Å². The fourth-order valence-corrected chi connectivity index (χ4v) is 5.73. The molecule has 0 radical (unpaired) electrons. The monoisotopic (exact) mass is 487 g/mol. The van der Waals surface area contributed by atoms with E-state index in [1.165, 1.54) is 30.2 Å². The third-order valence-electron chi connectivity index (χ3n) is 5.93. The summed E-state index contributed by atoms with van der Waals surface area (Å²) in [5.41, 5.74) is 4.98. The number of benzene rings is 1. The Morgan fingerprint density at radius 3 is 2.85 bits per heavy atom. The van der Waals surface area contributed by atoms with Gasteiger partial charge in [-0.3, -0.25) is 9.79 Å². The van der Waals surface area contributed by atoms with E-state index < -0.39 is 23.1 Å². The van der Waals surface area contributed by atoms with Crippen LogP contribution in [-0.4, -0.2) is 46.1 Å². The first-order valence-corrected chi connectivity index (χ1v) is 11.3. The molecule has 1 aromatic carbocycles. The minimum absolute atomic E-state index is 0.0115. The molecule has 4 rings (SSSR count). The quantitative estimate of drug-likeness (QED) is 0.435. The van der Waals surface area contributed by atoms with Crippen LogP contribution in [0.2, 0.25) is 0 Å². The molecule has 178 valence electrons. The second-order valence-electron chi connectivity index (χ2n) is 8.27. The molecule has 1 saturated carbocycles. The maximum atomic E-state index is 15.0. The Morgan fingerprint density at radius 2 is 2.18 bits per heavy atom. The molecule has 1 aliphatic carbocycles. The largest absolute Gasteiger partial charge is 0.476 e. The zero-order chi connectivity index (χ0) is 24.5. The number of hydrogen-bond acceptors (Lipinski definition) is 8. The van der Waals surface area contributed by atoms with Crippen LogP contribution in [0.3, 0.4) is 0 Å². The molecule has 3 N–H and O–H groups in total. The Labute approximate surface area is 199 Å². The van der Waals surface area contributed by atoms with Crippen LogP contribution in [0.5, 0.6) is 5.88 Å². The number of nitrogens with zero attached hydrogens (tertiary/aromatic N) is 3. The van der Waals surface area contributed by atoms with E-state index in [0.717, 1.165) is 6.07 Å². The average molecular weight is 488 g/mol. The predicted molar refractivity (Wildman–Crippen MR) is 125 cm³/mol. The highest BCUT2D eigenvalue weighted by molar-refractivity contribution is 8.15. The van der Waals surface area contributed by atoms with Gasteiger partial charge in [-0.1, -0.05) is 11.8 Å². The van der Waals surface area contributed by atoms with Crippen molar-refractivity contribution in [3.63, 3.8) is 0 Å². The van der Waals surface area contributed by atoms with E-state index in [-0.39, 0.29) is 45.3 Å². The molecule has 0 unspecified atom stereocenters. The van der Waals surface area contributed by atoms with Gasteiger partial charge in [-0.15, -0.1) is 12.3 Å². The SMILES string of the molecule is C#CCCOc1cnc(C(=O)Nc2cc(F)c(F)c([C@@]3(C)N=C(N)S[C@@]4(COC)C[C@H]43)c2)cn1. The molecular weight excluding hydrogens is 464 g/mol. The number of nitrogens with two attached hydrogens (primary N) is 1. The number of fused-ring (bicyclic) bond motifs is 1. The van der Waals surface area contributed by atoms with Gasteiger partial charge in [0.1, 0.15) is 12.3 Å². The number of halogens is 2. The van der Waals surface area contributed by atoms with E-state index in [2.05, 4.69) is 26.2 Å². The van der Waals surface area contributed by atoms with Crippen molar-refractivity contribution in [2.45, 2.75) is 30.1 Å². The maximum Gasteiger partial charge on any atom is 0.275 e. The zero-order valence-corrected chi connectivity index (χ0v) is 19.4. The standard InChI is InChI=1S/C23H23F2N5O3S/c1-4-5-6-33-18-11-27-16(10-28-18)20(31)29-13-7-14(19(25)15(24)8-13)22(2)17-9-23(17,12-32-3)34-21(26)30-22/h1,7-8,10-11,17H,5-6,9,12H2,2-3H3,(H2,26,30)(H,29,31)/t17-,22+,23+/m0/s1. The normalized spacial score (nSPS) is 25.0. The van der Waals surface area contributed by atoms with Crippen molar-refractivity contribution in [2.24, 2.45) is 16.6 Å². The van der Waals surface area contributed by atoms with E-state index in [9.17, 15) is 13.6 Å². The molecule has 0 bridgehead atoms. The second kappa shape index (κ2) is 9.19. The molecule has 0 saturated heterocycles. The van der Waals surface area contributed by atoms with Gasteiger partial charge in [0.05, 0.1) is 29.3 Å². The van der Waals surface area contributed by atoms with Gasteiger partial charge in [-0.05, 0) is 19.4 Å². The number of ether oxygens (including phenoxy) is 2. The lowest BCUT2D eigenvalue weighted by Gasteiger charge is -2.34. The Balaban J connectivity index is 1.57. The fourth-order valence-electron chi connectivity index (χ4n) is 4.28. The first kappa shape index (κ1) is 23.9. The number of aliphatic imine (C=N–C) groups is 1. The van der Waals surface area contributed by atoms with Crippen LogP contribution >= 0.6 is 11.8 Å². The number of methoxy groups -OCH3 is 1. The van der Waals surface area contributed by atoms with Gasteiger partial charge in [0, 0.05) is 36.8 Å². The minimum atomic E-state index is -1.11. The molecule has 1 aromatic heterocycles. The number of rotatable bonds is 8. The summed E-state index contributed by atoms with van der Waals surface area (Å²) in [6.45, 7) is 2.40. The summed E-state index contributed by atoms with van der Waals surface area (Å²) in [4.78, 5) is 25.1. The van der Waals surface area contributed by atoms with Crippen LogP contribution < -0.4 is 15.8 Å². The van der Waals surface area contributed by atoms with E-state index in [4.69, 9.17) is 21.6 Å². The van der Waals surface area contributed by atoms with Crippen LogP contribution in [0, 0.1) is 29.9 Å². The summed E-state index contributed by atoms with van der Waals surface area (Å²) >= 11 is 1.40. The Hall–Kier alpha value is -3.23. The highest BCUT2D eigenvalue weighted by atomic mass is 32.2. The first-order chi connectivity index (χ1) is 16.2. The van der Waals surface area contributed by atoms with Gasteiger partial charge in [0.15, 0.2) is 16.8 Å². The average Bonchev–Trinajstić information content (AvgIpc) is 3.51. The molecule has 1 aliphatic heterocycles. The zero-order valence-electron chi connectivity index (χ0n) is 18.6. The van der Waals surface area contributed by atoms with Crippen molar-refractivity contribution >= 4 is 28.5 Å². The Morgan fingerprint density at radius 1 is 1.38 bits per heavy atom. The number of hydrogen-bond donors (Lipinski definition) is 2. The van der Waals surface area contributed by atoms with Crippen molar-refractivity contribution in [3.8, 4) is 18.2 Å². The van der Waals surface area contributed by atoms with Gasteiger partial charge in [-0.2, -0.15) is 0 Å². The summed E-state index contributed by atoms with van der Waals surface area (Å²) in [6, 6.07) is 2.29. The van der Waals surface area contributed by atoms with E-state index in [0.29, 0.717) is 19.4 Å². The summed E-state index contributed by atoms with van der Waals surface area (Å²) < 4.78 is 39.9. The highest BCUT2D eigenvalue weighted by Gasteiger charge is 2.66. The minimum Gasteiger partial charge on any atom is -0.476 e. The Kier molecular flexibility index (Phi) is 6.47. The van der Waals surface area contributed by atoms with Crippen LogP contribution in [0.4, 0.5) is 14.5 Å². The van der Waals surface area contributed by atoms with Crippen LogP contribution in [0.1, 0.15) is 35.8 Å². The molecule has 2 heterocycles. The Bertz CT molecular complexity index is 1190. The molecule has 34 heavy (non-hydrogen) atoms. The molecule has 1 amide bonds. The van der Waals surface area contributed by atoms with E-state index >= 15 is 0 Å². The van der Waals surface area contributed by atoms with E-state index in [1.807, 2.05) is 0 Å². The van der Waals surface area contributed by atoms with Crippen LogP contribution in [0.15, 0.2) is 29.5 Å². The third kappa shape index (κ3) is 4.43. The van der Waals surface area contributed by atoms with Crippen molar-refractivity contribution in [1.29, 1.82) is 0 Å². The molecule has 2 aromatic rings. The smallest absolute Gasteiger partial charge is 0.275 e. The number of anilines is 1. The maximum absolute atomic E-state index is 15.0. The van der Waals surface area contributed by atoms with Crippen LogP contribution in [-0.2, 0) is 10.3 Å². The molecule has 2 aliphatic rings. The topological polar surface area (TPSA) is 112 Å². The number of aromatic nitrogens is 2. The summed E-state index contributed by atoms with van der Waals surface area (Å²) in [5, 5.41) is 2.82. The lowest BCUT2D eigenvalue weighted by molar-refractivity contribution is 0.102. The molecule has 3 atom stereocenters. The third-order valence-corrected chi connectivity index (χ3v) is 7.21. The molecule has 0 spiro atoms. The molecule has 1 fully saturated rings. The summed E-state index contributed by atoms with van der Waals surface area (Å²) in [7, 11) is 1.58. The molecule has 11 heteroatoms. The number of amidine groups is 1. The number of amides is 1. The van der Waals surface area contributed by atoms with Crippen LogP contribution in [0.25, 0.3) is 0 Å². The second-order valence-corrected chi connectivity index (χ2v) is 9.71. The summed E-state index contributed by atoms with van der Waals surface area (Å²) in [6.07, 6.45) is 8.76. The molecule has 8 nitrogen and oxygen atoms in total. The lowest BCUT2D eigenvalue weighted by atomic mass is 9.85. The predicted octanol–water partition coefficient (Wildman–Crippen LogP) is 3.09. The molecular formula is C23H23F2N5O3S. The van der Waals surface area contributed by atoms with Gasteiger partial charge in [0.25, 0.3) is 5.91 Å². The number of thioether (sulfide) groups is 1. The van der Waals surface area contributed by atoms with Crippen molar-refractivity contribution in [3.05, 3.63) is 47.4 Å². The van der Waals surface area contributed by atoms with Crippen molar-refractivity contribution < 1.29 is 23.0 Å². The summed E-state index contributed by atoms with van der Waals surface area (Å²) in [5.74, 6) is -0.248. The number of carbonyl (C=O) groups excluding carboxylic acids is 1. The number of carbonyl (C=O) groups is 1. The number of terminal acetylenes is 1. The van der Waals surface area contributed by atoms with Crippen molar-refractivity contribution in [1.82, 2.24) is 9.97 Å². The fraction of sp³-hybridized carbons (Fsp3) is 0.391. The van der Waals surface area contributed by atoms with E-state index in [1.54, 1.807) is 14.0 Å². The van der Waals surface area contributed by atoms with Gasteiger partial charge >= 0.3 is 0 Å². The lowest BCUT2D eigenvalue weighted by Crippen LogP contribution is -2.38. The highest BCUT2D eigenvalue weighted by Crippen LogP contribution is 2.66. The van der Waals surface area contributed by atoms with Crippen molar-refractivity contribution in [2.75, 3.05) is 25.6 Å². The van der Waals surface area contributed by atoms with Gasteiger partial charge < -0.3 is 20.5 Å². The first-order valence-electron chi connectivity index (χ1n) is 10.4. The van der Waals surface area contributed by atoms with Gasteiger partial charge in [0.2, 0.25) is 5.88 Å². The number of nitrogens with one attached hydrogen (secondary N) is 1.